The van der Waals surface area contributed by atoms with Gasteiger partial charge in [-0.2, -0.15) is 0 Å². The summed E-state index contributed by atoms with van der Waals surface area (Å²) in [6.45, 7) is 0. The smallest absolute Gasteiger partial charge is 0.123 e. The summed E-state index contributed by atoms with van der Waals surface area (Å²) >= 11 is 0. The Morgan fingerprint density at radius 3 is 2.60 bits per heavy atom. The Labute approximate surface area is 61.7 Å². The molecular weight excluding hydrogens is 147 g/mol. The zero-order valence-corrected chi connectivity index (χ0v) is 6.45. The summed E-state index contributed by atoms with van der Waals surface area (Å²) in [4.78, 5) is 0. The molecule has 54 valence electrons. The van der Waals surface area contributed by atoms with Crippen LogP contribution in [0.3, 0.4) is 0 Å². The van der Waals surface area contributed by atoms with Crippen molar-refractivity contribution in [1.82, 2.24) is 0 Å². The number of aliphatic hydroxyl groups is 1. The van der Waals surface area contributed by atoms with Gasteiger partial charge in [0.15, 0.2) is 0 Å². The molecule has 0 bridgehead atoms. The summed E-state index contributed by atoms with van der Waals surface area (Å²) in [5.74, 6) is 0.815. The van der Waals surface area contributed by atoms with Gasteiger partial charge in [0.25, 0.3) is 0 Å². The molecule has 0 aromatic heterocycles. The van der Waals surface area contributed by atoms with Crippen molar-refractivity contribution in [2.24, 2.45) is 0 Å². The first-order chi connectivity index (χ1) is 4.93. The van der Waals surface area contributed by atoms with Crippen LogP contribution in [0.25, 0.3) is 0 Å². The number of aliphatic hydroxyl groups excluding tert-OH is 1. The number of para-hydroxylation sites is 1. The Morgan fingerprint density at radius 1 is 1.30 bits per heavy atom. The Balaban J connectivity index is 2.43. The molecule has 1 atom stereocenters. The van der Waals surface area contributed by atoms with E-state index in [1.807, 2.05) is 30.3 Å². The van der Waals surface area contributed by atoms with E-state index in [9.17, 15) is 0 Å². The molecular formula is C7H9O2P. The molecule has 0 spiro atoms. The van der Waals surface area contributed by atoms with E-state index in [1.54, 1.807) is 0 Å². The Hall–Kier alpha value is -0.590. The summed E-state index contributed by atoms with van der Waals surface area (Å²) in [6.07, 6.45) is 0.0922. The van der Waals surface area contributed by atoms with E-state index in [-0.39, 0.29) is 15.2 Å². The lowest BCUT2D eigenvalue weighted by atomic mass is 10.3. The third-order valence-electron chi connectivity index (χ3n) is 0.998. The van der Waals surface area contributed by atoms with Gasteiger partial charge < -0.3 is 9.63 Å². The molecule has 0 aliphatic rings. The SMILES string of the molecule is OCPOc1ccccc1. The minimum absolute atomic E-state index is 0.0922. The quantitative estimate of drug-likeness (QED) is 0.673. The molecule has 0 fully saturated rings. The van der Waals surface area contributed by atoms with Crippen LogP contribution in [0.2, 0.25) is 0 Å². The summed E-state index contributed by atoms with van der Waals surface area (Å²) in [6, 6.07) is 9.45. The van der Waals surface area contributed by atoms with Crippen LogP contribution in [0.4, 0.5) is 0 Å². The molecule has 0 amide bonds. The lowest BCUT2D eigenvalue weighted by Crippen LogP contribution is -1.78. The number of hydrogen-bond acceptors (Lipinski definition) is 2. The molecule has 10 heavy (non-hydrogen) atoms. The van der Waals surface area contributed by atoms with Crippen LogP contribution in [-0.4, -0.2) is 11.5 Å². The molecule has 1 rings (SSSR count). The van der Waals surface area contributed by atoms with E-state index < -0.39 is 0 Å². The van der Waals surface area contributed by atoms with E-state index in [1.165, 1.54) is 0 Å². The number of hydrogen-bond donors (Lipinski definition) is 1. The number of benzene rings is 1. The Bertz CT molecular complexity index is 176. The molecule has 3 heteroatoms. The van der Waals surface area contributed by atoms with Crippen LogP contribution in [0.1, 0.15) is 0 Å². The molecule has 0 saturated heterocycles. The fourth-order valence-corrected chi connectivity index (χ4v) is 0.971. The van der Waals surface area contributed by atoms with Crippen LogP contribution >= 0.6 is 8.81 Å². The second-order valence-corrected chi connectivity index (χ2v) is 2.53. The van der Waals surface area contributed by atoms with Gasteiger partial charge in [0.1, 0.15) is 5.75 Å². The van der Waals surface area contributed by atoms with E-state index in [0.717, 1.165) is 5.75 Å². The lowest BCUT2D eigenvalue weighted by Gasteiger charge is -2.00. The van der Waals surface area contributed by atoms with Gasteiger partial charge in [-0.05, 0) is 12.1 Å². The van der Waals surface area contributed by atoms with Crippen LogP contribution in [-0.2, 0) is 0 Å². The maximum absolute atomic E-state index is 8.41. The van der Waals surface area contributed by atoms with Crippen molar-refractivity contribution in [3.8, 4) is 5.75 Å². The fourth-order valence-electron chi connectivity index (χ4n) is 0.604. The third kappa shape index (κ3) is 2.34. The highest BCUT2D eigenvalue weighted by Crippen LogP contribution is 2.17. The van der Waals surface area contributed by atoms with Gasteiger partial charge in [-0.3, -0.25) is 0 Å². The molecule has 2 nitrogen and oxygen atoms in total. The number of rotatable bonds is 3. The molecule has 1 aromatic carbocycles. The first-order valence-corrected chi connectivity index (χ1v) is 4.10. The average molecular weight is 156 g/mol. The maximum Gasteiger partial charge on any atom is 0.123 e. The van der Waals surface area contributed by atoms with E-state index in [2.05, 4.69) is 0 Å². The largest absolute Gasteiger partial charge is 0.475 e. The monoisotopic (exact) mass is 156 g/mol. The van der Waals surface area contributed by atoms with Crippen LogP contribution < -0.4 is 4.52 Å². The van der Waals surface area contributed by atoms with Crippen LogP contribution in [0.15, 0.2) is 30.3 Å². The normalized spacial score (nSPS) is 10.5. The summed E-state index contributed by atoms with van der Waals surface area (Å²) in [5.41, 5.74) is 0. The van der Waals surface area contributed by atoms with Gasteiger partial charge in [0, 0.05) is 0 Å². The predicted octanol–water partition coefficient (Wildman–Crippen LogP) is 1.61. The Morgan fingerprint density at radius 2 is 2.00 bits per heavy atom. The van der Waals surface area contributed by atoms with Gasteiger partial charge in [-0.15, -0.1) is 0 Å². The van der Waals surface area contributed by atoms with E-state index in [4.69, 9.17) is 9.63 Å². The third-order valence-corrected chi connectivity index (χ3v) is 1.51. The molecule has 1 aromatic rings. The van der Waals surface area contributed by atoms with E-state index >= 15 is 0 Å². The highest BCUT2D eigenvalue weighted by atomic mass is 31.1. The van der Waals surface area contributed by atoms with Crippen molar-refractivity contribution in [1.29, 1.82) is 0 Å². The van der Waals surface area contributed by atoms with Crippen molar-refractivity contribution in [3.05, 3.63) is 30.3 Å². The van der Waals surface area contributed by atoms with Gasteiger partial charge in [-0.1, -0.05) is 18.2 Å². The van der Waals surface area contributed by atoms with Gasteiger partial charge >= 0.3 is 0 Å². The lowest BCUT2D eigenvalue weighted by molar-refractivity contribution is 0.363. The van der Waals surface area contributed by atoms with Crippen molar-refractivity contribution >= 4 is 8.81 Å². The van der Waals surface area contributed by atoms with Crippen LogP contribution in [0, 0.1) is 0 Å². The zero-order valence-electron chi connectivity index (χ0n) is 5.45. The molecule has 0 radical (unpaired) electrons. The second kappa shape index (κ2) is 4.26. The summed E-state index contributed by atoms with van der Waals surface area (Å²) in [7, 11) is 0.148. The van der Waals surface area contributed by atoms with Crippen molar-refractivity contribution < 1.29 is 9.63 Å². The van der Waals surface area contributed by atoms with Crippen molar-refractivity contribution in [3.63, 3.8) is 0 Å². The molecule has 0 aliphatic carbocycles. The van der Waals surface area contributed by atoms with Crippen LogP contribution in [0.5, 0.6) is 5.75 Å². The first kappa shape index (κ1) is 7.52. The first-order valence-electron chi connectivity index (χ1n) is 2.99. The van der Waals surface area contributed by atoms with Gasteiger partial charge in [-0.25, -0.2) is 0 Å². The second-order valence-electron chi connectivity index (χ2n) is 1.72. The fraction of sp³-hybridized carbons (Fsp3) is 0.143. The molecule has 0 saturated carbocycles. The molecule has 0 aliphatic heterocycles. The Kier molecular flexibility index (Phi) is 3.20. The molecule has 1 N–H and O–H groups in total. The highest BCUT2D eigenvalue weighted by molar-refractivity contribution is 7.32. The van der Waals surface area contributed by atoms with Gasteiger partial charge in [0.05, 0.1) is 15.2 Å². The molecule has 1 unspecified atom stereocenters. The summed E-state index contributed by atoms with van der Waals surface area (Å²) < 4.78 is 5.13. The standard InChI is InChI=1S/C7H9O2P/c8-6-10-9-7-4-2-1-3-5-7/h1-5,8,10H,6H2. The highest BCUT2D eigenvalue weighted by Gasteiger charge is 1.87. The van der Waals surface area contributed by atoms with Gasteiger partial charge in [0.2, 0.25) is 0 Å². The topological polar surface area (TPSA) is 29.5 Å². The maximum atomic E-state index is 8.41. The molecule has 0 heterocycles. The average Bonchev–Trinajstić information content (AvgIpc) is 2.03. The summed E-state index contributed by atoms with van der Waals surface area (Å²) in [5, 5.41) is 8.41. The van der Waals surface area contributed by atoms with Crippen molar-refractivity contribution in [2.45, 2.75) is 0 Å². The van der Waals surface area contributed by atoms with E-state index in [0.29, 0.717) is 0 Å². The minimum atomic E-state index is 0.0922. The predicted molar refractivity (Wildman–Crippen MR) is 42.5 cm³/mol. The van der Waals surface area contributed by atoms with Crippen molar-refractivity contribution in [2.75, 3.05) is 6.35 Å². The minimum Gasteiger partial charge on any atom is -0.475 e. The zero-order chi connectivity index (χ0) is 7.23.